The lowest BCUT2D eigenvalue weighted by Gasteiger charge is -2.20. The van der Waals surface area contributed by atoms with Crippen molar-refractivity contribution < 1.29 is 4.74 Å². The van der Waals surface area contributed by atoms with Gasteiger partial charge in [0.15, 0.2) is 0 Å². The fourth-order valence-electron chi connectivity index (χ4n) is 3.43. The number of fused-ring (bicyclic) bond motifs is 3. The van der Waals surface area contributed by atoms with Crippen LogP contribution in [0.1, 0.15) is 24.8 Å². The van der Waals surface area contributed by atoms with Crippen molar-refractivity contribution >= 4 is 22.5 Å². The largest absolute Gasteiger partial charge is 0.373 e. The average molecular weight is 289 g/mol. The van der Waals surface area contributed by atoms with Crippen molar-refractivity contribution in [1.29, 1.82) is 0 Å². The highest BCUT2D eigenvalue weighted by atomic mass is 35.5. The Morgan fingerprint density at radius 2 is 2.25 bits per heavy atom. The number of nitrogens with one attached hydrogen (secondary N) is 1. The van der Waals surface area contributed by atoms with Gasteiger partial charge in [0, 0.05) is 29.2 Å². The Morgan fingerprint density at radius 1 is 1.30 bits per heavy atom. The van der Waals surface area contributed by atoms with Crippen LogP contribution in [0, 0.1) is 0 Å². The van der Waals surface area contributed by atoms with Gasteiger partial charge in [0.2, 0.25) is 0 Å². The molecule has 1 aromatic heterocycles. The molecule has 1 N–H and O–H groups in total. The maximum absolute atomic E-state index is 6.23. The lowest BCUT2D eigenvalue weighted by Crippen LogP contribution is -2.37. The molecule has 2 bridgehead atoms. The molecule has 0 aliphatic carbocycles. The van der Waals surface area contributed by atoms with E-state index in [0.29, 0.717) is 18.2 Å². The van der Waals surface area contributed by atoms with Crippen molar-refractivity contribution in [2.45, 2.75) is 44.1 Å². The van der Waals surface area contributed by atoms with E-state index in [1.807, 2.05) is 24.4 Å². The first-order chi connectivity index (χ1) is 9.81. The van der Waals surface area contributed by atoms with Gasteiger partial charge < -0.3 is 10.1 Å². The van der Waals surface area contributed by atoms with E-state index < -0.39 is 0 Å². The van der Waals surface area contributed by atoms with Crippen molar-refractivity contribution in [1.82, 2.24) is 10.3 Å². The van der Waals surface area contributed by atoms with Gasteiger partial charge in [-0.25, -0.2) is 0 Å². The minimum atomic E-state index is 0.409. The molecule has 2 aliphatic heterocycles. The van der Waals surface area contributed by atoms with Crippen molar-refractivity contribution in [3.63, 3.8) is 0 Å². The number of rotatable bonds is 3. The number of hydrogen-bond acceptors (Lipinski definition) is 3. The highest BCUT2D eigenvalue weighted by Gasteiger charge is 2.40. The lowest BCUT2D eigenvalue weighted by atomic mass is 9.95. The highest BCUT2D eigenvalue weighted by Crippen LogP contribution is 2.34. The maximum Gasteiger partial charge on any atom is 0.0761 e. The molecule has 3 heterocycles. The molecule has 104 valence electrons. The fraction of sp³-hybridized carbons (Fsp3) is 0.438. The molecular formula is C16H17ClN2O. The predicted molar refractivity (Wildman–Crippen MR) is 79.9 cm³/mol. The summed E-state index contributed by atoms with van der Waals surface area (Å²) < 4.78 is 5.88. The number of nitrogens with zero attached hydrogens (tertiary/aromatic N) is 1. The van der Waals surface area contributed by atoms with Crippen LogP contribution < -0.4 is 5.32 Å². The summed E-state index contributed by atoms with van der Waals surface area (Å²) in [4.78, 5) is 4.48. The molecular weight excluding hydrogens is 272 g/mol. The van der Waals surface area contributed by atoms with Crippen LogP contribution in [0.15, 0.2) is 30.5 Å². The number of halogens is 1. The first-order valence-corrected chi connectivity index (χ1v) is 7.60. The van der Waals surface area contributed by atoms with E-state index in [2.05, 4.69) is 16.4 Å². The normalized spacial score (nSPS) is 28.4. The fourth-order valence-corrected chi connectivity index (χ4v) is 3.65. The van der Waals surface area contributed by atoms with Gasteiger partial charge in [-0.05, 0) is 43.0 Å². The summed E-state index contributed by atoms with van der Waals surface area (Å²) in [5.41, 5.74) is 2.20. The minimum Gasteiger partial charge on any atom is -0.373 e. The van der Waals surface area contributed by atoms with Gasteiger partial charge in [0.1, 0.15) is 0 Å². The Morgan fingerprint density at radius 3 is 3.05 bits per heavy atom. The van der Waals surface area contributed by atoms with E-state index in [-0.39, 0.29) is 0 Å². The molecule has 20 heavy (non-hydrogen) atoms. The molecule has 3 unspecified atom stereocenters. The molecule has 4 heteroatoms. The minimum absolute atomic E-state index is 0.409. The zero-order valence-corrected chi connectivity index (χ0v) is 11.9. The number of hydrogen-bond donors (Lipinski definition) is 1. The summed E-state index contributed by atoms with van der Waals surface area (Å²) in [5, 5.41) is 5.42. The number of pyridine rings is 1. The summed E-state index contributed by atoms with van der Waals surface area (Å²) in [6, 6.07) is 8.46. The van der Waals surface area contributed by atoms with Crippen molar-refractivity contribution in [2.24, 2.45) is 0 Å². The van der Waals surface area contributed by atoms with E-state index in [1.54, 1.807) is 0 Å². The van der Waals surface area contributed by atoms with E-state index in [4.69, 9.17) is 16.3 Å². The highest BCUT2D eigenvalue weighted by molar-refractivity contribution is 6.35. The summed E-state index contributed by atoms with van der Waals surface area (Å²) in [6.07, 6.45) is 6.28. The molecule has 2 saturated heterocycles. The first-order valence-electron chi connectivity index (χ1n) is 7.22. The molecule has 1 aromatic carbocycles. The van der Waals surface area contributed by atoms with Crippen LogP contribution in [-0.4, -0.2) is 23.2 Å². The third kappa shape index (κ3) is 2.10. The predicted octanol–water partition coefficient (Wildman–Crippen LogP) is 3.30. The van der Waals surface area contributed by atoms with Crippen LogP contribution in [0.4, 0.5) is 0 Å². The second-order valence-corrected chi connectivity index (χ2v) is 6.11. The molecule has 0 radical (unpaired) electrons. The van der Waals surface area contributed by atoms with Crippen molar-refractivity contribution in [3.05, 3.63) is 41.0 Å². The Bertz CT molecular complexity index is 645. The topological polar surface area (TPSA) is 34.1 Å². The van der Waals surface area contributed by atoms with Crippen LogP contribution in [0.3, 0.4) is 0 Å². The molecule has 0 spiro atoms. The zero-order chi connectivity index (χ0) is 13.5. The van der Waals surface area contributed by atoms with Crippen LogP contribution in [0.2, 0.25) is 5.02 Å². The van der Waals surface area contributed by atoms with E-state index in [0.717, 1.165) is 28.9 Å². The van der Waals surface area contributed by atoms with Crippen molar-refractivity contribution in [2.75, 3.05) is 0 Å². The zero-order valence-electron chi connectivity index (χ0n) is 11.2. The summed E-state index contributed by atoms with van der Waals surface area (Å²) in [5.74, 6) is 0. The Hall–Kier alpha value is -1.16. The quantitative estimate of drug-likeness (QED) is 0.941. The summed E-state index contributed by atoms with van der Waals surface area (Å²) >= 11 is 6.23. The molecule has 2 fully saturated rings. The van der Waals surface area contributed by atoms with Gasteiger partial charge >= 0.3 is 0 Å². The summed E-state index contributed by atoms with van der Waals surface area (Å²) in [7, 11) is 0. The molecule has 2 aromatic rings. The van der Waals surface area contributed by atoms with Crippen LogP contribution in [-0.2, 0) is 11.3 Å². The molecule has 3 atom stereocenters. The average Bonchev–Trinajstić information content (AvgIpc) is 3.09. The van der Waals surface area contributed by atoms with Crippen LogP contribution >= 0.6 is 11.6 Å². The van der Waals surface area contributed by atoms with Crippen LogP contribution in [0.5, 0.6) is 0 Å². The Labute approximate surface area is 123 Å². The SMILES string of the molecule is Clc1ccc(CNC2CC3CCC2O3)c2ncccc12. The number of aromatic nitrogens is 1. The van der Waals surface area contributed by atoms with E-state index >= 15 is 0 Å². The standard InChI is InChI=1S/C16H17ClN2O/c17-13-5-3-10(16-12(13)2-1-7-18-16)9-19-14-8-11-4-6-15(14)20-11/h1-3,5,7,11,14-15,19H,4,6,8-9H2. The lowest BCUT2D eigenvalue weighted by molar-refractivity contribution is 0.0973. The molecule has 0 amide bonds. The Balaban J connectivity index is 1.56. The van der Waals surface area contributed by atoms with Gasteiger partial charge in [0.05, 0.1) is 17.7 Å². The summed E-state index contributed by atoms with van der Waals surface area (Å²) in [6.45, 7) is 0.821. The van der Waals surface area contributed by atoms with Gasteiger partial charge in [0.25, 0.3) is 0 Å². The van der Waals surface area contributed by atoms with Gasteiger partial charge in [-0.1, -0.05) is 17.7 Å². The number of ether oxygens (including phenoxy) is 1. The van der Waals surface area contributed by atoms with Crippen LogP contribution in [0.25, 0.3) is 10.9 Å². The second kappa shape index (κ2) is 4.99. The maximum atomic E-state index is 6.23. The third-order valence-corrected chi connectivity index (χ3v) is 4.79. The smallest absolute Gasteiger partial charge is 0.0761 e. The molecule has 0 saturated carbocycles. The van der Waals surface area contributed by atoms with E-state index in [1.165, 1.54) is 18.4 Å². The monoisotopic (exact) mass is 288 g/mol. The molecule has 2 aliphatic rings. The van der Waals surface area contributed by atoms with Gasteiger partial charge in [-0.15, -0.1) is 0 Å². The van der Waals surface area contributed by atoms with Gasteiger partial charge in [-0.3, -0.25) is 4.98 Å². The van der Waals surface area contributed by atoms with Gasteiger partial charge in [-0.2, -0.15) is 0 Å². The molecule has 3 nitrogen and oxygen atoms in total. The Kier molecular flexibility index (Phi) is 3.14. The second-order valence-electron chi connectivity index (χ2n) is 5.70. The first kappa shape index (κ1) is 12.6. The number of benzene rings is 1. The van der Waals surface area contributed by atoms with Crippen molar-refractivity contribution in [3.8, 4) is 0 Å². The third-order valence-electron chi connectivity index (χ3n) is 4.46. The van der Waals surface area contributed by atoms with E-state index in [9.17, 15) is 0 Å². The molecule has 4 rings (SSSR count).